The topological polar surface area (TPSA) is 89.5 Å². The molecule has 72 heavy (non-hydrogen) atoms. The number of esters is 2. The maximum atomic E-state index is 12.8. The van der Waals surface area contributed by atoms with E-state index in [1.165, 1.54) is 180 Å². The molecule has 8 heteroatoms. The van der Waals surface area contributed by atoms with E-state index in [4.69, 9.17) is 28.4 Å². The van der Waals surface area contributed by atoms with Crippen LogP contribution in [0.25, 0.3) is 21.5 Å². The van der Waals surface area contributed by atoms with Crippen molar-refractivity contribution < 1.29 is 38.0 Å². The standard InChI is InChI=1S/C64H102O8/c1-7-9-11-13-15-17-19-21-23-25-27-29-31-33-35-41-47-67-49-55(71-63(65)53(3)4)51-69-61-57-43-37-39-45-59(57)62(60-46-40-38-44-58(60)61)70-52-56(72-64(66)54(5)6)50-68-48-42-36-34-32-30-28-26-24-22-20-18-16-14-12-10-8-2/h37-40,43-46,55-56H,3,5,7-36,41-42,47-52H2,1-2,4,6H3. The molecule has 0 aliphatic rings. The minimum Gasteiger partial charge on any atom is -0.488 e. The molecule has 0 saturated heterocycles. The van der Waals surface area contributed by atoms with Crippen LogP contribution in [0, 0.1) is 0 Å². The van der Waals surface area contributed by atoms with E-state index in [0.717, 1.165) is 47.2 Å². The van der Waals surface area contributed by atoms with Gasteiger partial charge in [0, 0.05) is 45.9 Å². The summed E-state index contributed by atoms with van der Waals surface area (Å²) in [7, 11) is 0. The highest BCUT2D eigenvalue weighted by atomic mass is 16.6. The second-order valence-corrected chi connectivity index (χ2v) is 20.7. The van der Waals surface area contributed by atoms with Crippen molar-refractivity contribution in [3.05, 3.63) is 72.8 Å². The summed E-state index contributed by atoms with van der Waals surface area (Å²) >= 11 is 0. The van der Waals surface area contributed by atoms with Gasteiger partial charge in [0.1, 0.15) is 24.7 Å². The van der Waals surface area contributed by atoms with Crippen LogP contribution in [-0.4, -0.2) is 63.8 Å². The highest BCUT2D eigenvalue weighted by Gasteiger charge is 2.23. The number of fused-ring (bicyclic) bond motifs is 2. The van der Waals surface area contributed by atoms with Crippen molar-refractivity contribution in [2.75, 3.05) is 39.6 Å². The van der Waals surface area contributed by atoms with Crippen LogP contribution in [-0.2, 0) is 28.5 Å². The lowest BCUT2D eigenvalue weighted by molar-refractivity contribution is -0.150. The molecule has 2 atom stereocenters. The van der Waals surface area contributed by atoms with Gasteiger partial charge in [0.15, 0.2) is 12.2 Å². The molecule has 0 aliphatic heterocycles. The van der Waals surface area contributed by atoms with E-state index >= 15 is 0 Å². The molecule has 0 aliphatic carbocycles. The van der Waals surface area contributed by atoms with Gasteiger partial charge in [-0.25, -0.2) is 9.59 Å². The zero-order chi connectivity index (χ0) is 51.7. The third-order valence-electron chi connectivity index (χ3n) is 13.8. The van der Waals surface area contributed by atoms with E-state index in [9.17, 15) is 9.59 Å². The molecule has 8 nitrogen and oxygen atoms in total. The molecule has 3 aromatic rings. The van der Waals surface area contributed by atoms with Crippen LogP contribution in [0.15, 0.2) is 72.8 Å². The highest BCUT2D eigenvalue weighted by Crippen LogP contribution is 2.43. The molecular formula is C64H102O8. The van der Waals surface area contributed by atoms with Gasteiger partial charge in [-0.05, 0) is 26.7 Å². The summed E-state index contributed by atoms with van der Waals surface area (Å²) in [5.41, 5.74) is 0.654. The normalized spacial score (nSPS) is 12.3. The predicted molar refractivity (Wildman–Crippen MR) is 303 cm³/mol. The lowest BCUT2D eigenvalue weighted by Gasteiger charge is -2.23. The Balaban J connectivity index is 1.47. The zero-order valence-corrected chi connectivity index (χ0v) is 46.3. The number of carbonyl (C=O) groups is 2. The summed E-state index contributed by atoms with van der Waals surface area (Å²) in [5.74, 6) is 0.387. The van der Waals surface area contributed by atoms with Crippen molar-refractivity contribution in [3.8, 4) is 11.5 Å². The Bertz CT molecular complexity index is 1700. The van der Waals surface area contributed by atoms with Crippen LogP contribution in [0.2, 0.25) is 0 Å². The third kappa shape index (κ3) is 28.0. The smallest absolute Gasteiger partial charge is 0.333 e. The van der Waals surface area contributed by atoms with E-state index < -0.39 is 24.1 Å². The van der Waals surface area contributed by atoms with Gasteiger partial charge >= 0.3 is 11.9 Å². The van der Waals surface area contributed by atoms with Crippen molar-refractivity contribution in [2.24, 2.45) is 0 Å². The summed E-state index contributed by atoms with van der Waals surface area (Å²) in [6.07, 6.45) is 41.0. The molecular weight excluding hydrogens is 897 g/mol. The van der Waals surface area contributed by atoms with Crippen LogP contribution >= 0.6 is 0 Å². The van der Waals surface area contributed by atoms with Gasteiger partial charge in [-0.1, -0.05) is 268 Å². The number of unbranched alkanes of at least 4 members (excludes halogenated alkanes) is 30. The number of carbonyl (C=O) groups excluding carboxylic acids is 2. The van der Waals surface area contributed by atoms with Crippen molar-refractivity contribution in [1.82, 2.24) is 0 Å². The van der Waals surface area contributed by atoms with Gasteiger partial charge in [-0.2, -0.15) is 0 Å². The second kappa shape index (κ2) is 41.5. The van der Waals surface area contributed by atoms with Gasteiger partial charge in [0.25, 0.3) is 0 Å². The van der Waals surface area contributed by atoms with Gasteiger partial charge in [0.2, 0.25) is 0 Å². The minimum atomic E-state index is -0.633. The first-order valence-corrected chi connectivity index (χ1v) is 29.3. The molecule has 0 saturated carbocycles. The van der Waals surface area contributed by atoms with Gasteiger partial charge < -0.3 is 28.4 Å². The molecule has 0 aromatic heterocycles. The fourth-order valence-electron chi connectivity index (χ4n) is 9.38. The first kappa shape index (κ1) is 62.4. The fraction of sp³-hybridized carbons (Fsp3) is 0.688. The summed E-state index contributed by atoms with van der Waals surface area (Å²) in [4.78, 5) is 25.6. The lowest BCUT2D eigenvalue weighted by atomic mass is 10.0. The Kier molecular flexibility index (Phi) is 35.9. The molecule has 0 spiro atoms. The molecule has 0 heterocycles. The first-order chi connectivity index (χ1) is 35.3. The summed E-state index contributed by atoms with van der Waals surface area (Å²) in [6.45, 7) is 17.3. The van der Waals surface area contributed by atoms with Crippen molar-refractivity contribution >= 4 is 33.5 Å². The summed E-state index contributed by atoms with van der Waals surface area (Å²) < 4.78 is 37.2. The predicted octanol–water partition coefficient (Wildman–Crippen LogP) is 18.3. The molecule has 0 N–H and O–H groups in total. The van der Waals surface area contributed by atoms with Gasteiger partial charge in [-0.15, -0.1) is 0 Å². The van der Waals surface area contributed by atoms with Gasteiger partial charge in [0.05, 0.1) is 13.2 Å². The Morgan fingerprint density at radius 2 is 0.611 bits per heavy atom. The molecule has 2 unspecified atom stereocenters. The maximum absolute atomic E-state index is 12.8. The van der Waals surface area contributed by atoms with Crippen LogP contribution < -0.4 is 9.47 Å². The SMILES string of the molecule is C=C(C)C(=O)OC(COCCCCCCCCCCCCCCCCCC)COc1c2ccccc2c(OCC(COCCCCCCCCCCCCCCCCCC)OC(=O)C(=C)C)c2ccccc12. The average Bonchev–Trinajstić information content (AvgIpc) is 3.38. The molecule has 406 valence electrons. The van der Waals surface area contributed by atoms with Crippen LogP contribution in [0.3, 0.4) is 0 Å². The molecule has 3 aromatic carbocycles. The Hall–Kier alpha value is -3.88. The molecule has 0 radical (unpaired) electrons. The molecule has 3 rings (SSSR count). The molecule has 0 bridgehead atoms. The number of rotatable bonds is 48. The fourth-order valence-corrected chi connectivity index (χ4v) is 9.38. The average molecular weight is 1000 g/mol. The van der Waals surface area contributed by atoms with E-state index in [1.54, 1.807) is 13.8 Å². The summed E-state index contributed by atoms with van der Waals surface area (Å²) in [5, 5.41) is 3.39. The Morgan fingerprint density at radius 1 is 0.375 bits per heavy atom. The number of hydrogen-bond donors (Lipinski definition) is 0. The van der Waals surface area contributed by atoms with E-state index in [1.807, 2.05) is 48.5 Å². The van der Waals surface area contributed by atoms with Crippen molar-refractivity contribution in [2.45, 2.75) is 245 Å². The van der Waals surface area contributed by atoms with Crippen molar-refractivity contribution in [1.29, 1.82) is 0 Å². The lowest BCUT2D eigenvalue weighted by Crippen LogP contribution is -2.30. The number of ether oxygens (including phenoxy) is 6. The Morgan fingerprint density at radius 3 is 0.847 bits per heavy atom. The van der Waals surface area contributed by atoms with E-state index in [2.05, 4.69) is 27.0 Å². The second-order valence-electron chi connectivity index (χ2n) is 20.7. The largest absolute Gasteiger partial charge is 0.488 e. The third-order valence-corrected chi connectivity index (χ3v) is 13.8. The van der Waals surface area contributed by atoms with E-state index in [0.29, 0.717) is 35.9 Å². The quantitative estimate of drug-likeness (QED) is 0.0239. The number of benzene rings is 3. The van der Waals surface area contributed by atoms with Gasteiger partial charge in [-0.3, -0.25) is 0 Å². The zero-order valence-electron chi connectivity index (χ0n) is 46.3. The maximum Gasteiger partial charge on any atom is 0.333 e. The highest BCUT2D eigenvalue weighted by molar-refractivity contribution is 6.11. The summed E-state index contributed by atoms with van der Waals surface area (Å²) in [6, 6.07) is 15.9. The first-order valence-electron chi connectivity index (χ1n) is 29.3. The molecule has 0 fully saturated rings. The number of hydrogen-bond acceptors (Lipinski definition) is 8. The minimum absolute atomic E-state index is 0.0990. The molecule has 0 amide bonds. The monoisotopic (exact) mass is 999 g/mol. The van der Waals surface area contributed by atoms with Crippen LogP contribution in [0.5, 0.6) is 11.5 Å². The van der Waals surface area contributed by atoms with Crippen LogP contribution in [0.4, 0.5) is 0 Å². The van der Waals surface area contributed by atoms with Crippen molar-refractivity contribution in [3.63, 3.8) is 0 Å². The Labute approximate surface area is 439 Å². The van der Waals surface area contributed by atoms with E-state index in [-0.39, 0.29) is 26.4 Å². The van der Waals surface area contributed by atoms with Crippen LogP contribution in [0.1, 0.15) is 233 Å².